The van der Waals surface area contributed by atoms with Crippen molar-refractivity contribution in [1.82, 2.24) is 24.1 Å². The molecule has 8 aromatic carbocycles. The molecule has 266 valence electrons. The highest BCUT2D eigenvalue weighted by Gasteiger charge is 2.20. The summed E-state index contributed by atoms with van der Waals surface area (Å²) in [5, 5.41) is 0.956. The Hall–Kier alpha value is -7.83. The van der Waals surface area contributed by atoms with Crippen LogP contribution in [0.25, 0.3) is 111 Å². The van der Waals surface area contributed by atoms with Crippen molar-refractivity contribution in [3.8, 4) is 45.5 Å². The quantitative estimate of drug-likeness (QED) is 0.176. The average molecular weight is 746 g/mol. The van der Waals surface area contributed by atoms with Gasteiger partial charge in [-0.05, 0) is 70.7 Å². The number of furan rings is 1. The van der Waals surface area contributed by atoms with Crippen molar-refractivity contribution in [2.45, 2.75) is 0 Å². The SMILES string of the molecule is [2H]c1c([2H])c([2H])c2c(c1[2H])c1c([2H])c([2H])c([2H])c([2H])c1n2-c1nc(-c2cccc(-c3ccc(-c4ccc5c(c4)oc4ccccc45)cc3)c2)nc(-n2c3c([2H])c([2H])c([2H])c([2H])c3c3c([2H])c([2H])c([2H])c([2H])c32)n1. The van der Waals surface area contributed by atoms with Crippen molar-refractivity contribution < 1.29 is 26.3 Å². The van der Waals surface area contributed by atoms with Crippen molar-refractivity contribution in [1.29, 1.82) is 0 Å². The van der Waals surface area contributed by atoms with E-state index in [1.807, 2.05) is 72.8 Å². The maximum atomic E-state index is 9.19. The predicted molar refractivity (Wildman–Crippen MR) is 232 cm³/mol. The van der Waals surface area contributed by atoms with Gasteiger partial charge in [-0.15, -0.1) is 0 Å². The number of nitrogens with zero attached hydrogens (tertiary/aromatic N) is 5. The van der Waals surface area contributed by atoms with E-state index < -0.39 is 109 Å². The highest BCUT2D eigenvalue weighted by Crippen LogP contribution is 2.36. The summed E-state index contributed by atoms with van der Waals surface area (Å²) in [6, 6.07) is 18.1. The lowest BCUT2D eigenvalue weighted by Gasteiger charge is -2.13. The number of aromatic nitrogens is 5. The highest BCUT2D eigenvalue weighted by atomic mass is 16.3. The Morgan fingerprint density at radius 1 is 0.368 bits per heavy atom. The first-order chi connectivity index (χ1) is 34.9. The monoisotopic (exact) mass is 745 g/mol. The predicted octanol–water partition coefficient (Wildman–Crippen LogP) is 13.0. The molecular weight excluding hydrogens is 699 g/mol. The fourth-order valence-corrected chi connectivity index (χ4v) is 7.52. The molecule has 6 nitrogen and oxygen atoms in total. The van der Waals surface area contributed by atoms with Crippen LogP contribution in [0.15, 0.2) is 192 Å². The van der Waals surface area contributed by atoms with Crippen molar-refractivity contribution in [2.75, 3.05) is 0 Å². The molecule has 0 bridgehead atoms. The lowest BCUT2D eigenvalue weighted by molar-refractivity contribution is 0.669. The lowest BCUT2D eigenvalue weighted by atomic mass is 9.98. The van der Waals surface area contributed by atoms with Gasteiger partial charge in [-0.3, -0.25) is 9.13 Å². The Kier molecular flexibility index (Phi) is 4.26. The van der Waals surface area contributed by atoms with Gasteiger partial charge in [0.05, 0.1) is 44.0 Å². The maximum Gasteiger partial charge on any atom is 0.240 e. The lowest BCUT2D eigenvalue weighted by Crippen LogP contribution is -2.10. The summed E-state index contributed by atoms with van der Waals surface area (Å²) in [6.45, 7) is 0. The number of fused-ring (bicyclic) bond motifs is 9. The molecule has 0 saturated heterocycles. The molecule has 4 heterocycles. The Balaban J connectivity index is 1.14. The van der Waals surface area contributed by atoms with E-state index in [0.717, 1.165) is 47.8 Å². The van der Waals surface area contributed by atoms with E-state index in [4.69, 9.17) is 35.8 Å². The molecule has 0 radical (unpaired) electrons. The molecule has 0 unspecified atom stereocenters. The third-order valence-electron chi connectivity index (χ3n) is 10.1. The molecule has 0 N–H and O–H groups in total. The van der Waals surface area contributed by atoms with E-state index in [1.165, 1.54) is 0 Å². The first kappa shape index (κ1) is 19.7. The molecule has 0 aliphatic heterocycles. The summed E-state index contributed by atoms with van der Waals surface area (Å²) >= 11 is 0. The molecule has 4 aromatic heterocycles. The average Bonchev–Trinajstić information content (AvgIpc) is 4.09. The van der Waals surface area contributed by atoms with Gasteiger partial charge in [0.1, 0.15) is 11.2 Å². The van der Waals surface area contributed by atoms with Gasteiger partial charge < -0.3 is 4.42 Å². The third kappa shape index (κ3) is 4.94. The number of para-hydroxylation sites is 5. The second-order valence-corrected chi connectivity index (χ2v) is 13.3. The van der Waals surface area contributed by atoms with E-state index in [-0.39, 0.29) is 49.4 Å². The second-order valence-electron chi connectivity index (χ2n) is 13.3. The Morgan fingerprint density at radius 2 is 0.825 bits per heavy atom. The van der Waals surface area contributed by atoms with Crippen LogP contribution in [0, 0.1) is 0 Å². The molecule has 0 aliphatic rings. The minimum Gasteiger partial charge on any atom is -0.456 e. The van der Waals surface area contributed by atoms with Gasteiger partial charge in [-0.2, -0.15) is 15.0 Å². The van der Waals surface area contributed by atoms with Crippen LogP contribution in [0.3, 0.4) is 0 Å². The van der Waals surface area contributed by atoms with Crippen LogP contribution < -0.4 is 0 Å². The van der Waals surface area contributed by atoms with Gasteiger partial charge in [0, 0.05) is 37.9 Å². The Bertz CT molecular complexity index is 4140. The molecule has 0 atom stereocenters. The number of hydrogen-bond donors (Lipinski definition) is 0. The zero-order valence-corrected chi connectivity index (χ0v) is 29.3. The van der Waals surface area contributed by atoms with Gasteiger partial charge in [-0.25, -0.2) is 0 Å². The van der Waals surface area contributed by atoms with Crippen molar-refractivity contribution in [3.05, 3.63) is 188 Å². The molecule has 0 spiro atoms. The minimum absolute atomic E-state index is 0.147. The fraction of sp³-hybridized carbons (Fsp3) is 0. The molecule has 12 rings (SSSR count). The van der Waals surface area contributed by atoms with Crippen LogP contribution in [0.5, 0.6) is 0 Å². The topological polar surface area (TPSA) is 61.7 Å². The molecule has 6 heteroatoms. The van der Waals surface area contributed by atoms with Crippen molar-refractivity contribution in [3.63, 3.8) is 0 Å². The zero-order valence-electron chi connectivity index (χ0n) is 45.3. The third-order valence-corrected chi connectivity index (χ3v) is 10.1. The molecule has 0 fully saturated rings. The summed E-state index contributed by atoms with van der Waals surface area (Å²) in [7, 11) is 0. The van der Waals surface area contributed by atoms with Crippen molar-refractivity contribution in [2.24, 2.45) is 0 Å². The standard InChI is InChI=1S/C51H31N5O/c1-6-19-43-37(14-1)38-15-2-7-20-44(38)55(43)50-52-49(53-51(54-50)56-45-21-8-3-16-39(45)40-17-4-9-22-46(40)56)36-13-11-12-34(30-36)32-24-26-33(27-25-32)35-28-29-42-41-18-5-10-23-47(41)57-48(42)31-35/h1-31H/i1D,2D,3D,4D,6D,7D,8D,9D,14D,15D,16D,17D,19D,20D,21D,22D. The summed E-state index contributed by atoms with van der Waals surface area (Å²) < 4.78 is 150. The number of rotatable bonds is 5. The maximum absolute atomic E-state index is 9.19. The highest BCUT2D eigenvalue weighted by molar-refractivity contribution is 6.10. The first-order valence-electron chi connectivity index (χ1n) is 25.8. The van der Waals surface area contributed by atoms with Crippen LogP contribution in [-0.4, -0.2) is 24.1 Å². The Morgan fingerprint density at radius 3 is 1.39 bits per heavy atom. The summed E-state index contributed by atoms with van der Waals surface area (Å²) in [5.41, 5.74) is 3.85. The van der Waals surface area contributed by atoms with Gasteiger partial charge in [0.25, 0.3) is 0 Å². The smallest absolute Gasteiger partial charge is 0.240 e. The molecule has 0 amide bonds. The van der Waals surface area contributed by atoms with Crippen LogP contribution in [0.1, 0.15) is 21.9 Å². The van der Waals surface area contributed by atoms with E-state index in [0.29, 0.717) is 11.1 Å². The van der Waals surface area contributed by atoms with E-state index in [9.17, 15) is 5.48 Å². The Labute approximate surface area is 349 Å². The van der Waals surface area contributed by atoms with Gasteiger partial charge in [-0.1, -0.05) is 139 Å². The molecule has 12 aromatic rings. The van der Waals surface area contributed by atoms with Gasteiger partial charge in [0.15, 0.2) is 5.82 Å². The van der Waals surface area contributed by atoms with E-state index >= 15 is 0 Å². The van der Waals surface area contributed by atoms with E-state index in [1.54, 1.807) is 18.2 Å². The molecule has 0 aliphatic carbocycles. The molecular formula is C51H31N5O. The summed E-state index contributed by atoms with van der Waals surface area (Å²) in [5.74, 6) is -1.09. The largest absolute Gasteiger partial charge is 0.456 e. The summed E-state index contributed by atoms with van der Waals surface area (Å²) in [6.07, 6.45) is 0. The number of hydrogen-bond acceptors (Lipinski definition) is 4. The van der Waals surface area contributed by atoms with Crippen LogP contribution in [-0.2, 0) is 0 Å². The van der Waals surface area contributed by atoms with Gasteiger partial charge in [0.2, 0.25) is 11.9 Å². The number of benzene rings is 8. The minimum atomic E-state index is -0.700. The normalized spacial score (nSPS) is 15.8. The fourth-order valence-electron chi connectivity index (χ4n) is 7.52. The molecule has 57 heavy (non-hydrogen) atoms. The second kappa shape index (κ2) is 12.3. The van der Waals surface area contributed by atoms with E-state index in [2.05, 4.69) is 0 Å². The van der Waals surface area contributed by atoms with Gasteiger partial charge >= 0.3 is 0 Å². The first-order valence-corrected chi connectivity index (χ1v) is 17.8. The van der Waals surface area contributed by atoms with Crippen LogP contribution in [0.4, 0.5) is 0 Å². The zero-order chi connectivity index (χ0) is 51.4. The summed E-state index contributed by atoms with van der Waals surface area (Å²) in [4.78, 5) is 14.5. The van der Waals surface area contributed by atoms with Crippen molar-refractivity contribution >= 4 is 65.6 Å². The molecule has 0 saturated carbocycles. The van der Waals surface area contributed by atoms with Crippen LogP contribution >= 0.6 is 0 Å². The van der Waals surface area contributed by atoms with Crippen LogP contribution in [0.2, 0.25) is 0 Å².